The Morgan fingerprint density at radius 3 is 2.80 bits per heavy atom. The Bertz CT molecular complexity index is 578. The van der Waals surface area contributed by atoms with Gasteiger partial charge in [0, 0.05) is 12.6 Å². The summed E-state index contributed by atoms with van der Waals surface area (Å²) in [4.78, 5) is 12.4. The van der Waals surface area contributed by atoms with E-state index in [0.29, 0.717) is 0 Å². The Morgan fingerprint density at radius 1 is 1.40 bits per heavy atom. The predicted molar refractivity (Wildman–Crippen MR) is 77.5 cm³/mol. The van der Waals surface area contributed by atoms with Crippen LogP contribution in [0.3, 0.4) is 0 Å². The van der Waals surface area contributed by atoms with Gasteiger partial charge in [0.2, 0.25) is 0 Å². The van der Waals surface area contributed by atoms with E-state index in [0.717, 1.165) is 25.9 Å². The summed E-state index contributed by atoms with van der Waals surface area (Å²) in [6.07, 6.45) is 1.93. The number of hydrogen-bond acceptors (Lipinski definition) is 4. The van der Waals surface area contributed by atoms with Crippen molar-refractivity contribution in [2.75, 3.05) is 18.8 Å². The second kappa shape index (κ2) is 6.37. The van der Waals surface area contributed by atoms with Gasteiger partial charge >= 0.3 is 0 Å². The molecule has 20 heavy (non-hydrogen) atoms. The van der Waals surface area contributed by atoms with E-state index in [1.807, 2.05) is 0 Å². The largest absolute Gasteiger partial charge is 0.348 e. The molecule has 1 unspecified atom stereocenters. The lowest BCUT2D eigenvalue weighted by molar-refractivity contribution is 0.0927. The summed E-state index contributed by atoms with van der Waals surface area (Å²) in [6.45, 7) is 3.27. The summed E-state index contributed by atoms with van der Waals surface area (Å²) in [7, 11) is -3.39. The molecular weight excluding hydrogens is 276 g/mol. The summed E-state index contributed by atoms with van der Waals surface area (Å²) >= 11 is 0. The first-order chi connectivity index (χ1) is 9.54. The van der Waals surface area contributed by atoms with Gasteiger partial charge in [-0.3, -0.25) is 4.79 Å². The highest BCUT2D eigenvalue weighted by molar-refractivity contribution is 7.91. The van der Waals surface area contributed by atoms with Crippen LogP contribution in [0.1, 0.15) is 30.1 Å². The summed E-state index contributed by atoms with van der Waals surface area (Å²) in [5.41, 5.74) is 0.236. The molecule has 0 spiro atoms. The van der Waals surface area contributed by atoms with Crippen molar-refractivity contribution in [2.45, 2.75) is 30.7 Å². The third-order valence-corrected chi connectivity index (χ3v) is 5.27. The molecule has 0 radical (unpaired) electrons. The van der Waals surface area contributed by atoms with Crippen LogP contribution in [0.4, 0.5) is 0 Å². The number of rotatable bonds is 4. The van der Waals surface area contributed by atoms with Crippen LogP contribution in [-0.4, -0.2) is 39.2 Å². The van der Waals surface area contributed by atoms with Gasteiger partial charge in [0.25, 0.3) is 5.91 Å². The lowest BCUT2D eigenvalue weighted by Gasteiger charge is -2.24. The molecule has 1 atom stereocenters. The number of amides is 1. The van der Waals surface area contributed by atoms with Crippen molar-refractivity contribution in [1.29, 1.82) is 0 Å². The molecule has 1 fully saturated rings. The molecule has 0 aliphatic carbocycles. The quantitative estimate of drug-likeness (QED) is 0.868. The summed E-state index contributed by atoms with van der Waals surface area (Å²) < 4.78 is 24.1. The number of carbonyl (C=O) groups is 1. The maximum atomic E-state index is 12.3. The molecule has 1 aromatic carbocycles. The van der Waals surface area contributed by atoms with Crippen molar-refractivity contribution in [3.8, 4) is 0 Å². The van der Waals surface area contributed by atoms with E-state index in [-0.39, 0.29) is 28.2 Å². The molecule has 2 N–H and O–H groups in total. The fourth-order valence-electron chi connectivity index (χ4n) is 2.32. The van der Waals surface area contributed by atoms with Crippen LogP contribution < -0.4 is 10.6 Å². The minimum Gasteiger partial charge on any atom is -0.348 e. The molecule has 1 aromatic rings. The minimum atomic E-state index is -3.39. The van der Waals surface area contributed by atoms with E-state index in [4.69, 9.17) is 0 Å². The molecule has 2 rings (SSSR count). The van der Waals surface area contributed by atoms with Gasteiger partial charge in [-0.1, -0.05) is 19.1 Å². The first kappa shape index (κ1) is 15.0. The molecule has 1 aliphatic heterocycles. The molecule has 110 valence electrons. The van der Waals surface area contributed by atoms with Crippen LogP contribution in [-0.2, 0) is 9.84 Å². The molecule has 1 aliphatic rings. The average molecular weight is 296 g/mol. The van der Waals surface area contributed by atoms with Gasteiger partial charge in [0.05, 0.1) is 16.2 Å². The van der Waals surface area contributed by atoms with Crippen molar-refractivity contribution in [2.24, 2.45) is 0 Å². The Labute approximate surface area is 119 Å². The van der Waals surface area contributed by atoms with Crippen LogP contribution in [0.15, 0.2) is 29.2 Å². The van der Waals surface area contributed by atoms with E-state index in [1.54, 1.807) is 25.1 Å². The zero-order valence-electron chi connectivity index (χ0n) is 11.6. The van der Waals surface area contributed by atoms with Crippen molar-refractivity contribution < 1.29 is 13.2 Å². The van der Waals surface area contributed by atoms with E-state index < -0.39 is 9.84 Å². The second-order valence-corrected chi connectivity index (χ2v) is 7.16. The first-order valence-electron chi connectivity index (χ1n) is 6.88. The van der Waals surface area contributed by atoms with Gasteiger partial charge in [0.15, 0.2) is 9.84 Å². The smallest absolute Gasteiger partial charge is 0.252 e. The summed E-state index contributed by atoms with van der Waals surface area (Å²) in [6, 6.07) is 6.44. The molecule has 0 aromatic heterocycles. The lowest BCUT2D eigenvalue weighted by atomic mass is 10.1. The number of sulfone groups is 1. The maximum absolute atomic E-state index is 12.3. The van der Waals surface area contributed by atoms with Crippen molar-refractivity contribution in [3.05, 3.63) is 29.8 Å². The molecule has 5 nitrogen and oxygen atoms in total. The highest BCUT2D eigenvalue weighted by Gasteiger charge is 2.22. The number of carbonyl (C=O) groups excluding carboxylic acids is 1. The van der Waals surface area contributed by atoms with E-state index in [1.165, 1.54) is 6.07 Å². The third-order valence-electron chi connectivity index (χ3n) is 3.48. The number of hydrogen-bond donors (Lipinski definition) is 2. The van der Waals surface area contributed by atoms with Gasteiger partial charge in [-0.05, 0) is 31.5 Å². The topological polar surface area (TPSA) is 75.3 Å². The number of piperidine rings is 1. The van der Waals surface area contributed by atoms with Gasteiger partial charge in [0.1, 0.15) is 0 Å². The molecule has 0 bridgehead atoms. The first-order valence-corrected chi connectivity index (χ1v) is 8.53. The van der Waals surface area contributed by atoms with Crippen LogP contribution in [0.2, 0.25) is 0 Å². The normalized spacial score (nSPS) is 19.6. The Morgan fingerprint density at radius 2 is 2.15 bits per heavy atom. The van der Waals surface area contributed by atoms with E-state index in [2.05, 4.69) is 10.6 Å². The Kier molecular flexibility index (Phi) is 4.77. The monoisotopic (exact) mass is 296 g/mol. The molecule has 6 heteroatoms. The second-order valence-electron chi connectivity index (χ2n) is 4.92. The van der Waals surface area contributed by atoms with Crippen LogP contribution in [0.25, 0.3) is 0 Å². The maximum Gasteiger partial charge on any atom is 0.252 e. The average Bonchev–Trinajstić information content (AvgIpc) is 2.48. The van der Waals surface area contributed by atoms with Crippen LogP contribution in [0.5, 0.6) is 0 Å². The fraction of sp³-hybridized carbons (Fsp3) is 0.500. The molecule has 1 heterocycles. The van der Waals surface area contributed by atoms with Crippen LogP contribution >= 0.6 is 0 Å². The SMILES string of the molecule is CCS(=O)(=O)c1ccccc1C(=O)NC1CCCNC1. The highest BCUT2D eigenvalue weighted by Crippen LogP contribution is 2.17. The summed E-state index contributed by atoms with van der Waals surface area (Å²) in [5.74, 6) is -0.325. The minimum absolute atomic E-state index is 0.0116. The highest BCUT2D eigenvalue weighted by atomic mass is 32.2. The van der Waals surface area contributed by atoms with Gasteiger partial charge in [-0.15, -0.1) is 0 Å². The van der Waals surface area contributed by atoms with Crippen molar-refractivity contribution in [3.63, 3.8) is 0 Å². The number of benzene rings is 1. The Balaban J connectivity index is 2.21. The fourth-order valence-corrected chi connectivity index (χ4v) is 3.41. The summed E-state index contributed by atoms with van der Waals surface area (Å²) in [5, 5.41) is 6.12. The van der Waals surface area contributed by atoms with Gasteiger partial charge in [-0.25, -0.2) is 8.42 Å². The molecule has 1 saturated heterocycles. The van der Waals surface area contributed by atoms with Crippen LogP contribution in [0, 0.1) is 0 Å². The molecule has 0 saturated carbocycles. The van der Waals surface area contributed by atoms with E-state index >= 15 is 0 Å². The standard InChI is InChI=1S/C14H20N2O3S/c1-2-20(18,19)13-8-4-3-7-12(13)14(17)16-11-6-5-9-15-10-11/h3-4,7-8,11,15H,2,5-6,9-10H2,1H3,(H,16,17). The predicted octanol–water partition coefficient (Wildman–Crippen LogP) is 0.962. The number of nitrogens with one attached hydrogen (secondary N) is 2. The lowest BCUT2D eigenvalue weighted by Crippen LogP contribution is -2.45. The van der Waals surface area contributed by atoms with Crippen molar-refractivity contribution in [1.82, 2.24) is 10.6 Å². The third kappa shape index (κ3) is 3.37. The molecule has 1 amide bonds. The van der Waals surface area contributed by atoms with Gasteiger partial charge < -0.3 is 10.6 Å². The zero-order valence-corrected chi connectivity index (χ0v) is 12.4. The van der Waals surface area contributed by atoms with E-state index in [9.17, 15) is 13.2 Å². The molecular formula is C14H20N2O3S. The van der Waals surface area contributed by atoms with Gasteiger partial charge in [-0.2, -0.15) is 0 Å². The van der Waals surface area contributed by atoms with Crippen molar-refractivity contribution >= 4 is 15.7 Å². The Hall–Kier alpha value is -1.40. The zero-order chi connectivity index (χ0) is 14.6.